The summed E-state index contributed by atoms with van der Waals surface area (Å²) >= 11 is 0. The molecule has 1 amide bonds. The molecule has 2 aromatic carbocycles. The molecule has 1 aliphatic carbocycles. The summed E-state index contributed by atoms with van der Waals surface area (Å²) in [7, 11) is 1.58. The summed E-state index contributed by atoms with van der Waals surface area (Å²) in [6.45, 7) is -0.618. The Bertz CT molecular complexity index is 840. The standard InChI is InChI=1S/C22H25F2NO5/c1-3-28-20-12-15(4-11-19(20)30-22(23)24)13-25(16-5-6-16)21(26)14-29-18-9-7-17(27-2)8-10-18/h4,7-12,16,22H,3,5-6,13-14H2,1-2H3. The lowest BCUT2D eigenvalue weighted by Gasteiger charge is -2.23. The number of amides is 1. The number of carbonyl (C=O) groups is 1. The van der Waals surface area contributed by atoms with Gasteiger partial charge in [0.05, 0.1) is 13.7 Å². The van der Waals surface area contributed by atoms with Crippen molar-refractivity contribution >= 4 is 5.91 Å². The second-order valence-corrected chi connectivity index (χ2v) is 6.81. The van der Waals surface area contributed by atoms with E-state index in [1.165, 1.54) is 6.07 Å². The van der Waals surface area contributed by atoms with Gasteiger partial charge in [0.25, 0.3) is 5.91 Å². The number of hydrogen-bond donors (Lipinski definition) is 0. The van der Waals surface area contributed by atoms with Gasteiger partial charge in [-0.05, 0) is 61.7 Å². The first-order valence-electron chi connectivity index (χ1n) is 9.77. The number of carbonyl (C=O) groups excluding carboxylic acids is 1. The zero-order chi connectivity index (χ0) is 21.5. The van der Waals surface area contributed by atoms with E-state index in [2.05, 4.69) is 4.74 Å². The van der Waals surface area contributed by atoms with E-state index in [1.807, 2.05) is 0 Å². The van der Waals surface area contributed by atoms with Crippen molar-refractivity contribution in [3.05, 3.63) is 48.0 Å². The van der Waals surface area contributed by atoms with E-state index in [0.717, 1.165) is 18.4 Å². The first-order chi connectivity index (χ1) is 14.5. The SMILES string of the molecule is CCOc1cc(CN(C(=O)COc2ccc(OC)cc2)C2CC2)ccc1OC(F)F. The Balaban J connectivity index is 1.65. The number of methoxy groups -OCH3 is 1. The zero-order valence-electron chi connectivity index (χ0n) is 17.0. The summed E-state index contributed by atoms with van der Waals surface area (Å²) in [5.74, 6) is 1.35. The monoisotopic (exact) mass is 421 g/mol. The maximum atomic E-state index is 12.8. The molecule has 2 aromatic rings. The number of hydrogen-bond acceptors (Lipinski definition) is 5. The number of alkyl halides is 2. The molecule has 162 valence electrons. The molecule has 6 nitrogen and oxygen atoms in total. The molecular weight excluding hydrogens is 396 g/mol. The minimum atomic E-state index is -2.94. The fourth-order valence-electron chi connectivity index (χ4n) is 3.02. The Morgan fingerprint density at radius 2 is 1.77 bits per heavy atom. The topological polar surface area (TPSA) is 57.2 Å². The molecule has 1 fully saturated rings. The zero-order valence-corrected chi connectivity index (χ0v) is 17.0. The highest BCUT2D eigenvalue weighted by molar-refractivity contribution is 5.78. The lowest BCUT2D eigenvalue weighted by molar-refractivity contribution is -0.134. The van der Waals surface area contributed by atoms with Gasteiger partial charge >= 0.3 is 6.61 Å². The summed E-state index contributed by atoms with van der Waals surface area (Å²) in [4.78, 5) is 14.5. The minimum Gasteiger partial charge on any atom is -0.497 e. The second-order valence-electron chi connectivity index (χ2n) is 6.81. The summed E-state index contributed by atoms with van der Waals surface area (Å²) in [6.07, 6.45) is 1.86. The number of benzene rings is 2. The summed E-state index contributed by atoms with van der Waals surface area (Å²) in [5.41, 5.74) is 0.768. The smallest absolute Gasteiger partial charge is 0.387 e. The van der Waals surface area contributed by atoms with Gasteiger partial charge in [0.15, 0.2) is 18.1 Å². The van der Waals surface area contributed by atoms with Gasteiger partial charge in [-0.25, -0.2) is 0 Å². The molecule has 0 unspecified atom stereocenters. The number of halogens is 2. The molecule has 0 aliphatic heterocycles. The molecule has 0 N–H and O–H groups in total. The van der Waals surface area contributed by atoms with Crippen molar-refractivity contribution in [2.24, 2.45) is 0 Å². The van der Waals surface area contributed by atoms with Gasteiger partial charge in [0.2, 0.25) is 0 Å². The number of ether oxygens (including phenoxy) is 4. The molecule has 30 heavy (non-hydrogen) atoms. The van der Waals surface area contributed by atoms with Crippen LogP contribution < -0.4 is 18.9 Å². The van der Waals surface area contributed by atoms with Crippen LogP contribution in [0.2, 0.25) is 0 Å². The van der Waals surface area contributed by atoms with Crippen LogP contribution in [-0.2, 0) is 11.3 Å². The maximum absolute atomic E-state index is 12.8. The predicted octanol–water partition coefficient (Wildman–Crippen LogP) is 4.27. The van der Waals surface area contributed by atoms with Crippen molar-refractivity contribution in [2.45, 2.75) is 39.0 Å². The highest BCUT2D eigenvalue weighted by Gasteiger charge is 2.33. The molecule has 0 atom stereocenters. The predicted molar refractivity (Wildman–Crippen MR) is 106 cm³/mol. The molecule has 8 heteroatoms. The quantitative estimate of drug-likeness (QED) is 0.543. The molecule has 0 heterocycles. The van der Waals surface area contributed by atoms with Crippen molar-refractivity contribution in [3.8, 4) is 23.0 Å². The van der Waals surface area contributed by atoms with Crippen LogP contribution in [0.5, 0.6) is 23.0 Å². The van der Waals surface area contributed by atoms with E-state index in [1.54, 1.807) is 55.3 Å². The van der Waals surface area contributed by atoms with Crippen LogP contribution in [0.1, 0.15) is 25.3 Å². The fourth-order valence-corrected chi connectivity index (χ4v) is 3.02. The normalized spacial score (nSPS) is 13.1. The van der Waals surface area contributed by atoms with E-state index in [9.17, 15) is 13.6 Å². The average molecular weight is 421 g/mol. The largest absolute Gasteiger partial charge is 0.497 e. The van der Waals surface area contributed by atoms with Crippen molar-refractivity contribution in [1.29, 1.82) is 0 Å². The van der Waals surface area contributed by atoms with E-state index >= 15 is 0 Å². The lowest BCUT2D eigenvalue weighted by Crippen LogP contribution is -2.36. The molecule has 1 aliphatic rings. The molecule has 0 saturated heterocycles. The lowest BCUT2D eigenvalue weighted by atomic mass is 10.2. The summed E-state index contributed by atoms with van der Waals surface area (Å²) < 4.78 is 45.8. The Labute approximate surface area is 174 Å². The van der Waals surface area contributed by atoms with Crippen LogP contribution in [0.3, 0.4) is 0 Å². The third-order valence-corrected chi connectivity index (χ3v) is 4.61. The highest BCUT2D eigenvalue weighted by atomic mass is 19.3. The summed E-state index contributed by atoms with van der Waals surface area (Å²) in [5, 5.41) is 0. The van der Waals surface area contributed by atoms with Crippen molar-refractivity contribution < 1.29 is 32.5 Å². The van der Waals surface area contributed by atoms with Crippen LogP contribution in [0.15, 0.2) is 42.5 Å². The number of nitrogens with zero attached hydrogens (tertiary/aromatic N) is 1. The maximum Gasteiger partial charge on any atom is 0.387 e. The minimum absolute atomic E-state index is 0.0252. The Hall–Kier alpha value is -3.03. The molecule has 0 bridgehead atoms. The van der Waals surface area contributed by atoms with Crippen molar-refractivity contribution in [2.75, 3.05) is 20.3 Å². The van der Waals surface area contributed by atoms with Gasteiger partial charge in [-0.2, -0.15) is 8.78 Å². The first kappa shape index (κ1) is 21.7. The molecule has 0 spiro atoms. The van der Waals surface area contributed by atoms with E-state index in [4.69, 9.17) is 14.2 Å². The van der Waals surface area contributed by atoms with E-state index in [-0.39, 0.29) is 30.1 Å². The van der Waals surface area contributed by atoms with Gasteiger partial charge in [-0.3, -0.25) is 4.79 Å². The van der Waals surface area contributed by atoms with Crippen LogP contribution in [0, 0.1) is 0 Å². The van der Waals surface area contributed by atoms with Crippen LogP contribution in [0.4, 0.5) is 8.78 Å². The van der Waals surface area contributed by atoms with Gasteiger partial charge in [-0.1, -0.05) is 6.07 Å². The van der Waals surface area contributed by atoms with Gasteiger partial charge in [-0.15, -0.1) is 0 Å². The van der Waals surface area contributed by atoms with Crippen molar-refractivity contribution in [1.82, 2.24) is 4.90 Å². The molecule has 3 rings (SSSR count). The van der Waals surface area contributed by atoms with Crippen LogP contribution in [-0.4, -0.2) is 43.8 Å². The fraction of sp³-hybridized carbons (Fsp3) is 0.409. The number of rotatable bonds is 11. The molecule has 0 radical (unpaired) electrons. The Morgan fingerprint density at radius 1 is 1.07 bits per heavy atom. The highest BCUT2D eigenvalue weighted by Crippen LogP contribution is 2.33. The van der Waals surface area contributed by atoms with Gasteiger partial charge in [0.1, 0.15) is 11.5 Å². The average Bonchev–Trinajstić information content (AvgIpc) is 3.57. The van der Waals surface area contributed by atoms with Gasteiger partial charge < -0.3 is 23.8 Å². The van der Waals surface area contributed by atoms with Crippen LogP contribution in [0.25, 0.3) is 0 Å². The summed E-state index contributed by atoms with van der Waals surface area (Å²) in [6, 6.07) is 11.9. The first-order valence-corrected chi connectivity index (χ1v) is 9.77. The molecule has 0 aromatic heterocycles. The molecular formula is C22H25F2NO5. The Morgan fingerprint density at radius 3 is 2.37 bits per heavy atom. The van der Waals surface area contributed by atoms with E-state index < -0.39 is 6.61 Å². The Kier molecular flexibility index (Phi) is 7.32. The van der Waals surface area contributed by atoms with Gasteiger partial charge in [0, 0.05) is 12.6 Å². The second kappa shape index (κ2) is 10.1. The van der Waals surface area contributed by atoms with E-state index in [0.29, 0.717) is 24.7 Å². The third kappa shape index (κ3) is 5.98. The van der Waals surface area contributed by atoms with Crippen LogP contribution >= 0.6 is 0 Å². The molecule has 1 saturated carbocycles. The van der Waals surface area contributed by atoms with Crippen molar-refractivity contribution in [3.63, 3.8) is 0 Å². The third-order valence-electron chi connectivity index (χ3n) is 4.61.